The zero-order valence-electron chi connectivity index (χ0n) is 12.0. The molecule has 2 aromatic heterocycles. The second-order valence-electron chi connectivity index (χ2n) is 5.24. The Kier molecular flexibility index (Phi) is 2.76. The van der Waals surface area contributed by atoms with Gasteiger partial charge in [0.05, 0.1) is 17.2 Å². The summed E-state index contributed by atoms with van der Waals surface area (Å²) < 4.78 is 1.96. The number of nitrogens with zero attached hydrogens (tertiary/aromatic N) is 3. The lowest BCUT2D eigenvalue weighted by Crippen LogP contribution is -2.04. The van der Waals surface area contributed by atoms with E-state index in [4.69, 9.17) is 0 Å². The van der Waals surface area contributed by atoms with Gasteiger partial charge in [-0.25, -0.2) is 4.98 Å². The van der Waals surface area contributed by atoms with Gasteiger partial charge in [0.15, 0.2) is 0 Å². The lowest BCUT2D eigenvalue weighted by molar-refractivity contribution is 0.103. The Morgan fingerprint density at radius 1 is 1.00 bits per heavy atom. The summed E-state index contributed by atoms with van der Waals surface area (Å²) in [6.45, 7) is 0. The van der Waals surface area contributed by atoms with E-state index in [1.54, 1.807) is 6.20 Å². The van der Waals surface area contributed by atoms with Gasteiger partial charge in [0, 0.05) is 29.7 Å². The first-order valence-electron chi connectivity index (χ1n) is 7.04. The highest BCUT2D eigenvalue weighted by atomic mass is 16.1. The largest absolute Gasteiger partial charge is 0.350 e. The van der Waals surface area contributed by atoms with Crippen LogP contribution in [0.5, 0.6) is 0 Å². The molecule has 0 aliphatic rings. The summed E-state index contributed by atoms with van der Waals surface area (Å²) in [5.41, 5.74) is 3.57. The summed E-state index contributed by atoms with van der Waals surface area (Å²) >= 11 is 0. The Morgan fingerprint density at radius 3 is 2.59 bits per heavy atom. The van der Waals surface area contributed by atoms with E-state index >= 15 is 0 Å². The minimum Gasteiger partial charge on any atom is -0.350 e. The molecule has 0 spiro atoms. The van der Waals surface area contributed by atoms with Crippen molar-refractivity contribution in [2.24, 2.45) is 7.05 Å². The molecule has 2 aromatic carbocycles. The normalized spacial score (nSPS) is 11.1. The molecule has 0 amide bonds. The van der Waals surface area contributed by atoms with Crippen molar-refractivity contribution in [3.05, 3.63) is 72.2 Å². The lowest BCUT2D eigenvalue weighted by atomic mass is 10.1. The van der Waals surface area contributed by atoms with Gasteiger partial charge in [-0.3, -0.25) is 9.78 Å². The monoisotopic (exact) mass is 287 g/mol. The fraction of sp³-hybridized carbons (Fsp3) is 0.0556. The van der Waals surface area contributed by atoms with Gasteiger partial charge in [0.25, 0.3) is 0 Å². The first kappa shape index (κ1) is 12.7. The second kappa shape index (κ2) is 4.77. The topological polar surface area (TPSA) is 47.8 Å². The minimum atomic E-state index is -0.102. The highest BCUT2D eigenvalue weighted by molar-refractivity contribution is 6.15. The standard InChI is InChI=1S/C18H13N3O/c1-21-11-13(12-6-2-5-9-17(12)21)18(22)16-10-19-14-7-3-4-8-15(14)20-16/h2-11H,1H3. The molecule has 0 fully saturated rings. The maximum Gasteiger partial charge on any atom is 0.215 e. The highest BCUT2D eigenvalue weighted by Crippen LogP contribution is 2.22. The molecule has 0 aliphatic heterocycles. The van der Waals surface area contributed by atoms with E-state index in [1.165, 1.54) is 0 Å². The molecule has 0 saturated carbocycles. The molecule has 4 heteroatoms. The summed E-state index contributed by atoms with van der Waals surface area (Å²) in [7, 11) is 1.94. The van der Waals surface area contributed by atoms with Crippen LogP contribution in [0.1, 0.15) is 16.1 Å². The number of para-hydroxylation sites is 3. The minimum absolute atomic E-state index is 0.102. The SMILES string of the molecule is Cn1cc(C(=O)c2cnc3ccccc3n2)c2ccccc21. The Balaban J connectivity index is 1.88. The van der Waals surface area contributed by atoms with E-state index in [2.05, 4.69) is 9.97 Å². The molecular weight excluding hydrogens is 274 g/mol. The van der Waals surface area contributed by atoms with Gasteiger partial charge < -0.3 is 4.57 Å². The maximum atomic E-state index is 12.8. The zero-order chi connectivity index (χ0) is 15.1. The quantitative estimate of drug-likeness (QED) is 0.531. The van der Waals surface area contributed by atoms with Crippen LogP contribution in [0, 0.1) is 0 Å². The second-order valence-corrected chi connectivity index (χ2v) is 5.24. The summed E-state index contributed by atoms with van der Waals surface area (Å²) in [5, 5.41) is 0.935. The molecule has 0 saturated heterocycles. The van der Waals surface area contributed by atoms with Gasteiger partial charge in [0.1, 0.15) is 5.69 Å². The van der Waals surface area contributed by atoms with Crippen molar-refractivity contribution in [3.63, 3.8) is 0 Å². The van der Waals surface area contributed by atoms with Gasteiger partial charge in [-0.15, -0.1) is 0 Å². The van der Waals surface area contributed by atoms with E-state index in [9.17, 15) is 4.79 Å². The first-order valence-corrected chi connectivity index (χ1v) is 7.04. The first-order chi connectivity index (χ1) is 10.7. The molecule has 0 radical (unpaired) electrons. The van der Waals surface area contributed by atoms with Crippen molar-refractivity contribution < 1.29 is 4.79 Å². The predicted molar refractivity (Wildman–Crippen MR) is 85.9 cm³/mol. The summed E-state index contributed by atoms with van der Waals surface area (Å²) in [4.78, 5) is 21.6. The van der Waals surface area contributed by atoms with Gasteiger partial charge >= 0.3 is 0 Å². The van der Waals surface area contributed by atoms with Crippen LogP contribution in [0.15, 0.2) is 60.9 Å². The fourth-order valence-electron chi connectivity index (χ4n) is 2.73. The molecule has 0 atom stereocenters. The van der Waals surface area contributed by atoms with Gasteiger partial charge in [-0.05, 0) is 18.2 Å². The van der Waals surface area contributed by atoms with Crippen molar-refractivity contribution in [2.75, 3.05) is 0 Å². The van der Waals surface area contributed by atoms with Crippen molar-refractivity contribution in [3.8, 4) is 0 Å². The molecule has 4 aromatic rings. The van der Waals surface area contributed by atoms with Crippen LogP contribution in [-0.2, 0) is 7.05 Å². The Hall–Kier alpha value is -3.01. The van der Waals surface area contributed by atoms with Crippen molar-refractivity contribution in [1.82, 2.24) is 14.5 Å². The Morgan fingerprint density at radius 2 is 1.73 bits per heavy atom. The molecule has 4 nitrogen and oxygen atoms in total. The fourth-order valence-corrected chi connectivity index (χ4v) is 2.73. The molecular formula is C18H13N3O. The number of rotatable bonds is 2. The average Bonchev–Trinajstić information content (AvgIpc) is 2.91. The number of hydrogen-bond donors (Lipinski definition) is 0. The third kappa shape index (κ3) is 1.89. The number of aryl methyl sites for hydroxylation is 1. The van der Waals surface area contributed by atoms with Crippen LogP contribution in [0.25, 0.3) is 21.9 Å². The van der Waals surface area contributed by atoms with Crippen LogP contribution in [0.2, 0.25) is 0 Å². The van der Waals surface area contributed by atoms with Crippen LogP contribution in [0.4, 0.5) is 0 Å². The number of carbonyl (C=O) groups is 1. The van der Waals surface area contributed by atoms with Crippen LogP contribution in [0.3, 0.4) is 0 Å². The lowest BCUT2D eigenvalue weighted by Gasteiger charge is -2.01. The molecule has 0 unspecified atom stereocenters. The highest BCUT2D eigenvalue weighted by Gasteiger charge is 2.17. The van der Waals surface area contributed by atoms with Crippen LogP contribution < -0.4 is 0 Å². The number of carbonyl (C=O) groups excluding carboxylic acids is 1. The van der Waals surface area contributed by atoms with E-state index < -0.39 is 0 Å². The number of hydrogen-bond acceptors (Lipinski definition) is 3. The molecule has 4 rings (SSSR count). The summed E-state index contributed by atoms with van der Waals surface area (Å²) in [6, 6.07) is 15.4. The smallest absolute Gasteiger partial charge is 0.215 e. The van der Waals surface area contributed by atoms with Crippen LogP contribution in [-0.4, -0.2) is 20.3 Å². The molecule has 0 aliphatic carbocycles. The number of aromatic nitrogens is 3. The van der Waals surface area contributed by atoms with Gasteiger partial charge in [0.2, 0.25) is 5.78 Å². The molecule has 106 valence electrons. The van der Waals surface area contributed by atoms with Gasteiger partial charge in [-0.2, -0.15) is 0 Å². The molecule has 0 bridgehead atoms. The summed E-state index contributed by atoms with van der Waals surface area (Å²) in [6.07, 6.45) is 3.40. The Labute approximate surface area is 127 Å². The molecule has 0 N–H and O–H groups in total. The third-order valence-electron chi connectivity index (χ3n) is 3.82. The van der Waals surface area contributed by atoms with Crippen molar-refractivity contribution in [2.45, 2.75) is 0 Å². The molecule has 22 heavy (non-hydrogen) atoms. The van der Waals surface area contributed by atoms with Gasteiger partial charge in [-0.1, -0.05) is 30.3 Å². The van der Waals surface area contributed by atoms with Crippen LogP contribution >= 0.6 is 0 Å². The number of ketones is 1. The van der Waals surface area contributed by atoms with Crippen molar-refractivity contribution in [1.29, 1.82) is 0 Å². The number of fused-ring (bicyclic) bond motifs is 2. The average molecular weight is 287 g/mol. The Bertz CT molecular complexity index is 1020. The molecule has 2 heterocycles. The third-order valence-corrected chi connectivity index (χ3v) is 3.82. The predicted octanol–water partition coefficient (Wildman–Crippen LogP) is 3.35. The maximum absolute atomic E-state index is 12.8. The van der Waals surface area contributed by atoms with Crippen molar-refractivity contribution >= 4 is 27.7 Å². The zero-order valence-corrected chi connectivity index (χ0v) is 12.0. The van der Waals surface area contributed by atoms with E-state index in [-0.39, 0.29) is 5.78 Å². The van der Waals surface area contributed by atoms with E-state index in [1.807, 2.05) is 66.3 Å². The number of benzene rings is 2. The summed E-state index contributed by atoms with van der Waals surface area (Å²) in [5.74, 6) is -0.102. The van der Waals surface area contributed by atoms with E-state index in [0.717, 1.165) is 21.9 Å². The van der Waals surface area contributed by atoms with E-state index in [0.29, 0.717) is 11.3 Å².